The number of benzene rings is 2. The van der Waals surface area contributed by atoms with Crippen molar-refractivity contribution in [3.8, 4) is 11.5 Å². The number of ether oxygens (including phenoxy) is 2. The van der Waals surface area contributed by atoms with Crippen molar-refractivity contribution >= 4 is 29.3 Å². The van der Waals surface area contributed by atoms with Crippen LogP contribution in [0.5, 0.6) is 11.5 Å². The maximum atomic E-state index is 13.8. The predicted octanol–water partition coefficient (Wildman–Crippen LogP) is 5.14. The van der Waals surface area contributed by atoms with Crippen molar-refractivity contribution in [3.63, 3.8) is 0 Å². The van der Waals surface area contributed by atoms with Gasteiger partial charge in [0.2, 0.25) is 5.91 Å². The second kappa shape index (κ2) is 8.62. The van der Waals surface area contributed by atoms with Crippen LogP contribution >= 0.6 is 23.4 Å². The van der Waals surface area contributed by atoms with Gasteiger partial charge in [-0.2, -0.15) is 0 Å². The van der Waals surface area contributed by atoms with Crippen LogP contribution in [-0.2, 0) is 10.5 Å². The lowest BCUT2D eigenvalue weighted by Crippen LogP contribution is -2.41. The van der Waals surface area contributed by atoms with Gasteiger partial charge >= 0.3 is 0 Å². The minimum absolute atomic E-state index is 0.117. The first-order chi connectivity index (χ1) is 13.3. The Hall–Kier alpha value is -1.92. The lowest BCUT2D eigenvalue weighted by Gasteiger charge is -2.38. The van der Waals surface area contributed by atoms with Crippen molar-refractivity contribution in [1.82, 2.24) is 5.32 Å². The number of nitrogens with one attached hydrogen (secondary N) is 1. The van der Waals surface area contributed by atoms with Crippen molar-refractivity contribution in [2.45, 2.75) is 37.7 Å². The Balaban J connectivity index is 1.65. The highest BCUT2D eigenvalue weighted by atomic mass is 35.5. The SMILES string of the molecule is COc1ccc2c(c1)[C@H](NC(=O)CSCc1c(F)cccc1Cl)CC(C)(C)O2. The molecule has 1 aliphatic rings. The molecule has 0 bridgehead atoms. The largest absolute Gasteiger partial charge is 0.497 e. The molecule has 1 heterocycles. The van der Waals surface area contributed by atoms with Crippen molar-refractivity contribution in [2.24, 2.45) is 0 Å². The van der Waals surface area contributed by atoms with Gasteiger partial charge in [0.15, 0.2) is 0 Å². The third-order valence-electron chi connectivity index (χ3n) is 4.55. The van der Waals surface area contributed by atoms with Gasteiger partial charge in [0, 0.05) is 28.3 Å². The summed E-state index contributed by atoms with van der Waals surface area (Å²) in [4.78, 5) is 12.5. The number of hydrogen-bond donors (Lipinski definition) is 1. The van der Waals surface area contributed by atoms with E-state index in [4.69, 9.17) is 21.1 Å². The molecule has 0 spiro atoms. The average Bonchev–Trinajstić information content (AvgIpc) is 2.63. The number of hydrogen-bond acceptors (Lipinski definition) is 4. The number of thioether (sulfide) groups is 1. The summed E-state index contributed by atoms with van der Waals surface area (Å²) >= 11 is 7.36. The summed E-state index contributed by atoms with van der Waals surface area (Å²) in [6.45, 7) is 3.99. The lowest BCUT2D eigenvalue weighted by atomic mass is 9.89. The van der Waals surface area contributed by atoms with Crippen LogP contribution in [0, 0.1) is 5.82 Å². The standard InChI is InChI=1S/C21H23ClFNO3S/c1-21(2)10-18(14-9-13(26-3)7-8-19(14)27-21)24-20(25)12-28-11-15-16(22)5-4-6-17(15)23/h4-9,18H,10-12H2,1-3H3,(H,24,25)/t18-/m1/s1. The molecule has 0 aliphatic carbocycles. The Morgan fingerprint density at radius 2 is 2.18 bits per heavy atom. The van der Waals surface area contributed by atoms with E-state index in [1.165, 1.54) is 17.8 Å². The van der Waals surface area contributed by atoms with E-state index < -0.39 is 5.60 Å². The van der Waals surface area contributed by atoms with Crippen molar-refractivity contribution < 1.29 is 18.7 Å². The van der Waals surface area contributed by atoms with E-state index in [0.717, 1.165) is 11.3 Å². The van der Waals surface area contributed by atoms with E-state index in [1.54, 1.807) is 19.2 Å². The minimum Gasteiger partial charge on any atom is -0.497 e. The van der Waals surface area contributed by atoms with E-state index >= 15 is 0 Å². The lowest BCUT2D eigenvalue weighted by molar-refractivity contribution is -0.119. The zero-order chi connectivity index (χ0) is 20.3. The Labute approximate surface area is 173 Å². The third kappa shape index (κ3) is 4.92. The quantitative estimate of drug-likeness (QED) is 0.698. The highest BCUT2D eigenvalue weighted by Gasteiger charge is 2.34. The Morgan fingerprint density at radius 1 is 1.39 bits per heavy atom. The molecule has 3 rings (SSSR count). The molecule has 0 unspecified atom stereocenters. The summed E-state index contributed by atoms with van der Waals surface area (Å²) in [6.07, 6.45) is 0.642. The molecule has 4 nitrogen and oxygen atoms in total. The van der Waals surface area contributed by atoms with Gasteiger partial charge in [0.1, 0.15) is 22.9 Å². The molecule has 0 fully saturated rings. The first kappa shape index (κ1) is 20.8. The van der Waals surface area contributed by atoms with Crippen LogP contribution in [0.1, 0.15) is 37.4 Å². The molecule has 2 aromatic carbocycles. The van der Waals surface area contributed by atoms with Crippen LogP contribution in [0.3, 0.4) is 0 Å². The molecule has 150 valence electrons. The average molecular weight is 424 g/mol. The van der Waals surface area contributed by atoms with Crippen molar-refractivity contribution in [2.75, 3.05) is 12.9 Å². The summed E-state index contributed by atoms with van der Waals surface area (Å²) in [7, 11) is 1.60. The normalized spacial score (nSPS) is 17.4. The van der Waals surface area contributed by atoms with Crippen LogP contribution < -0.4 is 14.8 Å². The predicted molar refractivity (Wildman–Crippen MR) is 111 cm³/mol. The summed E-state index contributed by atoms with van der Waals surface area (Å²) in [6, 6.07) is 10.00. The molecule has 1 amide bonds. The molecular formula is C21H23ClFNO3S. The first-order valence-corrected chi connectivity index (χ1v) is 10.5. The second-order valence-electron chi connectivity index (χ2n) is 7.28. The topological polar surface area (TPSA) is 47.6 Å². The number of fused-ring (bicyclic) bond motifs is 1. The van der Waals surface area contributed by atoms with Crippen LogP contribution in [0.4, 0.5) is 4.39 Å². The highest BCUT2D eigenvalue weighted by Crippen LogP contribution is 2.41. The molecule has 1 aliphatic heterocycles. The van der Waals surface area contributed by atoms with Gasteiger partial charge in [0.25, 0.3) is 0 Å². The van der Waals surface area contributed by atoms with E-state index in [0.29, 0.717) is 28.5 Å². The molecule has 0 saturated carbocycles. The Bertz CT molecular complexity index is 854. The maximum absolute atomic E-state index is 13.8. The number of amides is 1. The zero-order valence-electron chi connectivity index (χ0n) is 16.1. The van der Waals surface area contributed by atoms with Gasteiger partial charge in [-0.1, -0.05) is 17.7 Å². The number of rotatable bonds is 6. The summed E-state index contributed by atoms with van der Waals surface area (Å²) in [5, 5.41) is 3.45. The fourth-order valence-electron chi connectivity index (χ4n) is 3.24. The molecule has 0 aromatic heterocycles. The fraction of sp³-hybridized carbons (Fsp3) is 0.381. The van der Waals surface area contributed by atoms with Crippen LogP contribution in [0.25, 0.3) is 0 Å². The van der Waals surface area contributed by atoms with Gasteiger partial charge in [0.05, 0.1) is 18.9 Å². The van der Waals surface area contributed by atoms with Crippen LogP contribution in [-0.4, -0.2) is 24.4 Å². The van der Waals surface area contributed by atoms with Gasteiger partial charge in [-0.25, -0.2) is 4.39 Å². The van der Waals surface area contributed by atoms with E-state index in [2.05, 4.69) is 5.32 Å². The van der Waals surface area contributed by atoms with E-state index in [1.807, 2.05) is 32.0 Å². The smallest absolute Gasteiger partial charge is 0.230 e. The van der Waals surface area contributed by atoms with Crippen LogP contribution in [0.2, 0.25) is 5.02 Å². The number of methoxy groups -OCH3 is 1. The summed E-state index contributed by atoms with van der Waals surface area (Å²) in [5.74, 6) is 1.53. The maximum Gasteiger partial charge on any atom is 0.230 e. The summed E-state index contributed by atoms with van der Waals surface area (Å²) in [5.41, 5.74) is 0.923. The molecule has 1 atom stereocenters. The molecule has 7 heteroatoms. The second-order valence-corrected chi connectivity index (χ2v) is 8.68. The molecule has 28 heavy (non-hydrogen) atoms. The monoisotopic (exact) mass is 423 g/mol. The molecule has 2 aromatic rings. The molecule has 1 N–H and O–H groups in total. The number of carbonyl (C=O) groups excluding carboxylic acids is 1. The molecule has 0 saturated heterocycles. The summed E-state index contributed by atoms with van der Waals surface area (Å²) < 4.78 is 25.2. The highest BCUT2D eigenvalue weighted by molar-refractivity contribution is 7.99. The minimum atomic E-state index is -0.395. The zero-order valence-corrected chi connectivity index (χ0v) is 17.6. The van der Waals surface area contributed by atoms with E-state index in [9.17, 15) is 9.18 Å². The molecular weight excluding hydrogens is 401 g/mol. The van der Waals surface area contributed by atoms with Gasteiger partial charge < -0.3 is 14.8 Å². The molecule has 0 radical (unpaired) electrons. The Kier molecular flexibility index (Phi) is 6.40. The van der Waals surface area contributed by atoms with Crippen LogP contribution in [0.15, 0.2) is 36.4 Å². The van der Waals surface area contributed by atoms with Crippen molar-refractivity contribution in [1.29, 1.82) is 0 Å². The fourth-order valence-corrected chi connectivity index (χ4v) is 4.42. The van der Waals surface area contributed by atoms with E-state index in [-0.39, 0.29) is 23.5 Å². The number of halogens is 2. The Morgan fingerprint density at radius 3 is 2.89 bits per heavy atom. The van der Waals surface area contributed by atoms with Gasteiger partial charge in [-0.15, -0.1) is 11.8 Å². The van der Waals surface area contributed by atoms with Crippen molar-refractivity contribution in [3.05, 3.63) is 58.4 Å². The first-order valence-electron chi connectivity index (χ1n) is 8.96. The number of carbonyl (C=O) groups is 1. The van der Waals surface area contributed by atoms with Gasteiger partial charge in [-0.05, 0) is 44.2 Å². The third-order valence-corrected chi connectivity index (χ3v) is 5.86. The van der Waals surface area contributed by atoms with Gasteiger partial charge in [-0.3, -0.25) is 4.79 Å².